The third-order valence-corrected chi connectivity index (χ3v) is 9.56. The summed E-state index contributed by atoms with van der Waals surface area (Å²) in [6, 6.07) is 16.2. The highest BCUT2D eigenvalue weighted by atomic mass is 19.1. The molecule has 0 bridgehead atoms. The Morgan fingerprint density at radius 2 is 2.00 bits per heavy atom. The van der Waals surface area contributed by atoms with Gasteiger partial charge >= 0.3 is 5.97 Å². The van der Waals surface area contributed by atoms with Crippen LogP contribution in [-0.2, 0) is 11.3 Å². The van der Waals surface area contributed by atoms with Crippen LogP contribution >= 0.6 is 0 Å². The molecule has 0 radical (unpaired) electrons. The van der Waals surface area contributed by atoms with Gasteiger partial charge in [0.25, 0.3) is 0 Å². The van der Waals surface area contributed by atoms with Crippen LogP contribution < -0.4 is 10.1 Å². The number of aryl methyl sites for hydroxylation is 1. The lowest BCUT2D eigenvalue weighted by Gasteiger charge is -2.39. The number of likely N-dealkylation sites (tertiary alicyclic amines) is 1. The molecule has 1 aliphatic carbocycles. The zero-order valence-corrected chi connectivity index (χ0v) is 27.3. The molecule has 1 fully saturated rings. The summed E-state index contributed by atoms with van der Waals surface area (Å²) in [5, 5.41) is 14.2. The highest BCUT2D eigenvalue weighted by Crippen LogP contribution is 2.42. The van der Waals surface area contributed by atoms with Crippen LogP contribution in [0.2, 0.25) is 0 Å². The van der Waals surface area contributed by atoms with E-state index in [-0.39, 0.29) is 17.2 Å². The van der Waals surface area contributed by atoms with Gasteiger partial charge in [0.2, 0.25) is 0 Å². The number of piperidine rings is 1. The standard InChI is InChI=1S/C39H39FN4O4/c1-25-9-4-5-10-31(25)32-11-8-16-39(26(32)2,21-33(40)28-13-14-30(24-45)35(20-28)48-3)43-37-36-29(15-17-41-37)19-27(22-42-36)23-44-18-7-6-12-34(44)38(46)47/h4-5,8-11,13-17,19-22,24,26,34H,6-7,12,18,23H2,1-3H3,(H,41,43)(H,46,47)/b33-21-. The molecule has 2 aliphatic rings. The number of carboxylic acid groups (broad SMARTS) is 1. The number of anilines is 1. The average molecular weight is 647 g/mol. The van der Waals surface area contributed by atoms with Gasteiger partial charge in [0.1, 0.15) is 23.1 Å². The summed E-state index contributed by atoms with van der Waals surface area (Å²) in [6.07, 6.45) is 14.2. The van der Waals surface area contributed by atoms with Gasteiger partial charge in [0.15, 0.2) is 12.1 Å². The van der Waals surface area contributed by atoms with E-state index >= 15 is 4.39 Å². The summed E-state index contributed by atoms with van der Waals surface area (Å²) < 4.78 is 21.8. The maximum Gasteiger partial charge on any atom is 0.320 e. The van der Waals surface area contributed by atoms with Crippen molar-refractivity contribution in [2.45, 2.75) is 51.2 Å². The van der Waals surface area contributed by atoms with Gasteiger partial charge in [-0.3, -0.25) is 19.5 Å². The molecule has 0 saturated carbocycles. The first-order valence-electron chi connectivity index (χ1n) is 16.2. The van der Waals surface area contributed by atoms with E-state index in [1.807, 2.05) is 41.3 Å². The third kappa shape index (κ3) is 6.51. The number of rotatable bonds is 10. The Morgan fingerprint density at radius 3 is 2.77 bits per heavy atom. The van der Waals surface area contributed by atoms with Gasteiger partial charge in [-0.05, 0) is 78.9 Å². The summed E-state index contributed by atoms with van der Waals surface area (Å²) in [5.41, 5.74) is 4.28. The Hall–Kier alpha value is -5.15. The van der Waals surface area contributed by atoms with E-state index in [4.69, 9.17) is 9.72 Å². The van der Waals surface area contributed by atoms with E-state index in [1.165, 1.54) is 13.2 Å². The smallest absolute Gasteiger partial charge is 0.320 e. The number of methoxy groups -OCH3 is 1. The first-order valence-corrected chi connectivity index (χ1v) is 16.2. The van der Waals surface area contributed by atoms with Crippen molar-refractivity contribution in [2.75, 3.05) is 19.0 Å². The molecule has 1 saturated heterocycles. The fraction of sp³-hybridized carbons (Fsp3) is 0.282. The van der Waals surface area contributed by atoms with Crippen molar-refractivity contribution in [1.82, 2.24) is 14.9 Å². The van der Waals surface area contributed by atoms with E-state index in [0.717, 1.165) is 47.0 Å². The number of allylic oxidation sites excluding steroid dienone is 2. The molecular weight excluding hydrogens is 607 g/mol. The Morgan fingerprint density at radius 1 is 1.17 bits per heavy atom. The fourth-order valence-electron chi connectivity index (χ4n) is 6.87. The molecule has 1 aliphatic heterocycles. The minimum absolute atomic E-state index is 0.256. The molecule has 6 rings (SSSR count). The number of pyridine rings is 2. The van der Waals surface area contributed by atoms with Gasteiger partial charge in [-0.25, -0.2) is 9.37 Å². The number of halogens is 1. The molecule has 0 amide bonds. The van der Waals surface area contributed by atoms with Crippen molar-refractivity contribution < 1.29 is 23.8 Å². The fourth-order valence-corrected chi connectivity index (χ4v) is 6.87. The molecule has 2 aromatic heterocycles. The second-order valence-corrected chi connectivity index (χ2v) is 12.5. The number of nitrogens with one attached hydrogen (secondary N) is 1. The summed E-state index contributed by atoms with van der Waals surface area (Å²) in [6.45, 7) is 5.33. The van der Waals surface area contributed by atoms with Crippen LogP contribution in [0.15, 0.2) is 91.3 Å². The molecule has 2 N–H and O–H groups in total. The van der Waals surface area contributed by atoms with Crippen LogP contribution in [0.5, 0.6) is 5.75 Å². The minimum atomic E-state index is -1.07. The van der Waals surface area contributed by atoms with Crippen molar-refractivity contribution in [3.8, 4) is 5.75 Å². The van der Waals surface area contributed by atoms with Crippen molar-refractivity contribution in [3.05, 3.63) is 119 Å². The van der Waals surface area contributed by atoms with Gasteiger partial charge in [-0.1, -0.05) is 61.9 Å². The average Bonchev–Trinajstić information content (AvgIpc) is 3.09. The second kappa shape index (κ2) is 13.9. The van der Waals surface area contributed by atoms with Gasteiger partial charge < -0.3 is 15.2 Å². The van der Waals surface area contributed by atoms with E-state index in [9.17, 15) is 14.7 Å². The number of ether oxygens (including phenoxy) is 1. The first-order chi connectivity index (χ1) is 23.2. The van der Waals surface area contributed by atoms with Crippen LogP contribution in [0, 0.1) is 12.8 Å². The Balaban J connectivity index is 1.40. The summed E-state index contributed by atoms with van der Waals surface area (Å²) in [5.74, 6) is -0.770. The van der Waals surface area contributed by atoms with E-state index in [2.05, 4.69) is 42.4 Å². The number of carbonyl (C=O) groups is 2. The number of benzene rings is 2. The molecule has 2 aromatic carbocycles. The number of aliphatic carboxylic acids is 1. The molecule has 48 heavy (non-hydrogen) atoms. The summed E-state index contributed by atoms with van der Waals surface area (Å²) in [4.78, 5) is 34.9. The third-order valence-electron chi connectivity index (χ3n) is 9.56. The van der Waals surface area contributed by atoms with Crippen molar-refractivity contribution in [2.24, 2.45) is 5.92 Å². The number of carbonyl (C=O) groups excluding carboxylic acids is 1. The van der Waals surface area contributed by atoms with Gasteiger partial charge in [0, 0.05) is 35.8 Å². The normalized spacial score (nSPS) is 21.5. The lowest BCUT2D eigenvalue weighted by Crippen LogP contribution is -2.44. The van der Waals surface area contributed by atoms with Crippen LogP contribution in [0.4, 0.5) is 10.2 Å². The van der Waals surface area contributed by atoms with Gasteiger partial charge in [0.05, 0.1) is 18.2 Å². The van der Waals surface area contributed by atoms with Crippen molar-refractivity contribution >= 4 is 40.4 Å². The molecule has 8 nitrogen and oxygen atoms in total. The van der Waals surface area contributed by atoms with Crippen LogP contribution in [-0.4, -0.2) is 57.5 Å². The number of carboxylic acids is 1. The molecule has 3 heterocycles. The Labute approximate surface area is 279 Å². The zero-order chi connectivity index (χ0) is 33.8. The molecule has 3 unspecified atom stereocenters. The molecule has 4 aromatic rings. The number of fused-ring (bicyclic) bond motifs is 1. The topological polar surface area (TPSA) is 105 Å². The predicted octanol–water partition coefficient (Wildman–Crippen LogP) is 7.65. The van der Waals surface area contributed by atoms with Crippen LogP contribution in [0.1, 0.15) is 58.8 Å². The van der Waals surface area contributed by atoms with E-state index in [1.54, 1.807) is 30.6 Å². The lowest BCUT2D eigenvalue weighted by atomic mass is 9.73. The highest BCUT2D eigenvalue weighted by Gasteiger charge is 2.38. The van der Waals surface area contributed by atoms with Crippen LogP contribution in [0.25, 0.3) is 22.3 Å². The largest absolute Gasteiger partial charge is 0.496 e. The van der Waals surface area contributed by atoms with E-state index < -0.39 is 23.4 Å². The van der Waals surface area contributed by atoms with Gasteiger partial charge in [-0.15, -0.1) is 0 Å². The number of nitrogens with zero attached hydrogens (tertiary/aromatic N) is 3. The Kier molecular flexibility index (Phi) is 9.50. The maximum atomic E-state index is 16.4. The van der Waals surface area contributed by atoms with Crippen molar-refractivity contribution in [3.63, 3.8) is 0 Å². The van der Waals surface area contributed by atoms with E-state index in [0.29, 0.717) is 36.1 Å². The lowest BCUT2D eigenvalue weighted by molar-refractivity contribution is -0.144. The molecular formula is C39H39FN4O4. The van der Waals surface area contributed by atoms with Gasteiger partial charge in [-0.2, -0.15) is 0 Å². The number of hydrogen-bond donors (Lipinski definition) is 2. The molecule has 9 heteroatoms. The predicted molar refractivity (Wildman–Crippen MR) is 187 cm³/mol. The van der Waals surface area contributed by atoms with Crippen LogP contribution in [0.3, 0.4) is 0 Å². The maximum absolute atomic E-state index is 16.4. The number of hydrogen-bond acceptors (Lipinski definition) is 7. The monoisotopic (exact) mass is 646 g/mol. The minimum Gasteiger partial charge on any atom is -0.496 e. The number of aldehydes is 1. The SMILES string of the molecule is COc1cc(/C(F)=C/C2(Nc3nccc4cc(CN5CCCCC5C(=O)O)cnc34)C=CC=C(c3ccccc3C)C2C)ccc1C=O. The molecule has 246 valence electrons. The second-order valence-electron chi connectivity index (χ2n) is 12.5. The highest BCUT2D eigenvalue weighted by molar-refractivity contribution is 5.90. The number of aromatic nitrogens is 2. The molecule has 0 spiro atoms. The summed E-state index contributed by atoms with van der Waals surface area (Å²) in [7, 11) is 1.45. The zero-order valence-electron chi connectivity index (χ0n) is 27.3. The quantitative estimate of drug-likeness (QED) is 0.169. The molecule has 3 atom stereocenters. The van der Waals surface area contributed by atoms with Crippen molar-refractivity contribution in [1.29, 1.82) is 0 Å². The summed E-state index contributed by atoms with van der Waals surface area (Å²) >= 11 is 0. The Bertz CT molecular complexity index is 1950. The first kappa shape index (κ1) is 32.8.